The largest absolute Gasteiger partial charge is 0.353 e. The lowest BCUT2D eigenvalue weighted by molar-refractivity contribution is -0.130. The normalized spacial score (nSPS) is 17.9. The summed E-state index contributed by atoms with van der Waals surface area (Å²) in [4.78, 5) is 47.1. The number of rotatable bonds is 17. The van der Waals surface area contributed by atoms with Gasteiger partial charge in [0.15, 0.2) is 5.78 Å². The standard InChI is InChI=1S/C36H53N3O3S2/c1-5-9-31(40)21-29(23-35-38-32-14-12-28(25(2)3)22-34(32)44-35)36(42)37-30(20-27-10-7-6-8-11-27)13-15-33(41)26(4)24-39-16-18-43-19-17-39/h12,14,22,25,27,29-30H,4-11,13,15-21,23-24H2,1-3H3,(H,37,42)/t29-,30+/m0/s1. The molecule has 8 heteroatoms. The molecule has 0 bridgehead atoms. The lowest BCUT2D eigenvalue weighted by atomic mass is 9.83. The van der Waals surface area contributed by atoms with E-state index in [1.165, 1.54) is 37.7 Å². The van der Waals surface area contributed by atoms with E-state index in [2.05, 4.69) is 48.8 Å². The van der Waals surface area contributed by atoms with Gasteiger partial charge in [0.2, 0.25) is 5.91 Å². The number of nitrogens with zero attached hydrogens (tertiary/aromatic N) is 2. The fourth-order valence-corrected chi connectivity index (χ4v) is 8.63. The van der Waals surface area contributed by atoms with Crippen molar-refractivity contribution in [1.82, 2.24) is 15.2 Å². The first kappa shape index (κ1) is 34.8. The number of aromatic nitrogens is 1. The molecule has 2 atom stereocenters. The van der Waals surface area contributed by atoms with Gasteiger partial charge < -0.3 is 5.32 Å². The summed E-state index contributed by atoms with van der Waals surface area (Å²) in [5.41, 5.74) is 2.91. The SMILES string of the molecule is C=C(CN1CCSCC1)C(=O)CC[C@H](CC1CCCCC1)NC(=O)[C@@H](CC(=O)CCC)Cc1nc2ccc(C(C)C)cc2s1. The van der Waals surface area contributed by atoms with Crippen molar-refractivity contribution in [2.75, 3.05) is 31.1 Å². The Morgan fingerprint density at radius 3 is 2.55 bits per heavy atom. The van der Waals surface area contributed by atoms with E-state index in [0.717, 1.165) is 52.7 Å². The number of fused-ring (bicyclic) bond motifs is 1. The summed E-state index contributed by atoms with van der Waals surface area (Å²) < 4.78 is 1.13. The zero-order valence-electron chi connectivity index (χ0n) is 27.2. The van der Waals surface area contributed by atoms with Gasteiger partial charge in [-0.15, -0.1) is 11.3 Å². The molecule has 4 rings (SSSR count). The van der Waals surface area contributed by atoms with Crippen molar-refractivity contribution in [3.05, 3.63) is 40.9 Å². The third kappa shape index (κ3) is 10.8. The molecule has 0 unspecified atom stereocenters. The first-order valence-corrected chi connectivity index (χ1v) is 18.9. The number of carbonyl (C=O) groups excluding carboxylic acids is 3. The highest BCUT2D eigenvalue weighted by Gasteiger charge is 2.28. The zero-order valence-corrected chi connectivity index (χ0v) is 28.8. The van der Waals surface area contributed by atoms with Gasteiger partial charge in [0.1, 0.15) is 5.78 Å². The van der Waals surface area contributed by atoms with Crippen LogP contribution in [-0.4, -0.2) is 64.5 Å². The second kappa shape index (κ2) is 17.6. The van der Waals surface area contributed by atoms with Crippen molar-refractivity contribution in [1.29, 1.82) is 0 Å². The smallest absolute Gasteiger partial charge is 0.224 e. The summed E-state index contributed by atoms with van der Waals surface area (Å²) in [7, 11) is 0. The van der Waals surface area contributed by atoms with Crippen molar-refractivity contribution in [2.45, 2.75) is 110 Å². The molecule has 0 spiro atoms. The van der Waals surface area contributed by atoms with Crippen LogP contribution in [0.2, 0.25) is 0 Å². The fourth-order valence-electron chi connectivity index (χ4n) is 6.55. The average Bonchev–Trinajstić information content (AvgIpc) is 3.42. The number of thioether (sulfide) groups is 1. The predicted octanol–water partition coefficient (Wildman–Crippen LogP) is 7.75. The quantitative estimate of drug-likeness (QED) is 0.178. The summed E-state index contributed by atoms with van der Waals surface area (Å²) in [5, 5.41) is 4.26. The number of Topliss-reactive ketones (excluding diaryl/α,β-unsaturated/α-hetero) is 2. The van der Waals surface area contributed by atoms with Crippen LogP contribution in [0.1, 0.15) is 108 Å². The van der Waals surface area contributed by atoms with Crippen LogP contribution in [0.4, 0.5) is 0 Å². The number of benzene rings is 1. The average molecular weight is 640 g/mol. The van der Waals surface area contributed by atoms with Crippen molar-refractivity contribution in [2.24, 2.45) is 11.8 Å². The summed E-state index contributed by atoms with van der Waals surface area (Å²) >= 11 is 3.59. The van der Waals surface area contributed by atoms with E-state index >= 15 is 0 Å². The monoisotopic (exact) mass is 639 g/mol. The third-order valence-corrected chi connectivity index (χ3v) is 11.2. The van der Waals surface area contributed by atoms with E-state index < -0.39 is 5.92 Å². The van der Waals surface area contributed by atoms with Crippen LogP contribution in [0.5, 0.6) is 0 Å². The summed E-state index contributed by atoms with van der Waals surface area (Å²) in [5.74, 6) is 2.91. The van der Waals surface area contributed by atoms with Crippen molar-refractivity contribution >= 4 is 50.8 Å². The molecule has 1 saturated heterocycles. The molecule has 242 valence electrons. The van der Waals surface area contributed by atoms with E-state index in [-0.39, 0.29) is 29.9 Å². The highest BCUT2D eigenvalue weighted by Crippen LogP contribution is 2.30. The molecule has 2 fully saturated rings. The molecule has 0 radical (unpaired) electrons. The molecular weight excluding hydrogens is 587 g/mol. The molecule has 1 aromatic heterocycles. The van der Waals surface area contributed by atoms with E-state index in [1.807, 2.05) is 18.7 Å². The highest BCUT2D eigenvalue weighted by molar-refractivity contribution is 7.99. The van der Waals surface area contributed by atoms with Crippen LogP contribution in [0.25, 0.3) is 10.2 Å². The van der Waals surface area contributed by atoms with Crippen molar-refractivity contribution < 1.29 is 14.4 Å². The van der Waals surface area contributed by atoms with E-state index in [1.54, 1.807) is 11.3 Å². The van der Waals surface area contributed by atoms with E-state index in [0.29, 0.717) is 49.6 Å². The number of hydrogen-bond acceptors (Lipinski definition) is 7. The Morgan fingerprint density at radius 2 is 1.84 bits per heavy atom. The van der Waals surface area contributed by atoms with Crippen molar-refractivity contribution in [3.8, 4) is 0 Å². The Kier molecular flexibility index (Phi) is 13.9. The number of ketones is 2. The molecule has 2 aromatic rings. The maximum atomic E-state index is 13.9. The molecule has 2 heterocycles. The number of carbonyl (C=O) groups is 3. The van der Waals surface area contributed by atoms with E-state index in [4.69, 9.17) is 4.98 Å². The van der Waals surface area contributed by atoms with Crippen LogP contribution in [-0.2, 0) is 20.8 Å². The Morgan fingerprint density at radius 1 is 1.09 bits per heavy atom. The molecular formula is C36H53N3O3S2. The second-order valence-electron chi connectivity index (χ2n) is 13.3. The Labute approximate surface area is 273 Å². The van der Waals surface area contributed by atoms with Crippen LogP contribution in [0.15, 0.2) is 30.4 Å². The fraction of sp³-hybridized carbons (Fsp3) is 0.667. The van der Waals surface area contributed by atoms with Crippen molar-refractivity contribution in [3.63, 3.8) is 0 Å². The summed E-state index contributed by atoms with van der Waals surface area (Å²) in [6.45, 7) is 13.2. The molecule has 1 aromatic carbocycles. The van der Waals surface area contributed by atoms with Gasteiger partial charge in [0.05, 0.1) is 21.1 Å². The Hall–Kier alpha value is -2.03. The summed E-state index contributed by atoms with van der Waals surface area (Å²) in [6, 6.07) is 6.31. The molecule has 6 nitrogen and oxygen atoms in total. The Bertz CT molecular complexity index is 1260. The molecule has 1 aliphatic heterocycles. The van der Waals surface area contributed by atoms with Gasteiger partial charge in [-0.2, -0.15) is 11.8 Å². The van der Waals surface area contributed by atoms with Gasteiger partial charge in [-0.1, -0.05) is 65.5 Å². The van der Waals surface area contributed by atoms with Gasteiger partial charge in [-0.05, 0) is 48.8 Å². The maximum Gasteiger partial charge on any atom is 0.224 e. The molecule has 1 N–H and O–H groups in total. The lowest BCUT2D eigenvalue weighted by Crippen LogP contribution is -2.42. The molecule has 1 saturated carbocycles. The third-order valence-electron chi connectivity index (χ3n) is 9.24. The van der Waals surface area contributed by atoms with Crippen LogP contribution >= 0.6 is 23.1 Å². The van der Waals surface area contributed by atoms with Gasteiger partial charge >= 0.3 is 0 Å². The predicted molar refractivity (Wildman–Crippen MR) is 186 cm³/mol. The number of thiazole rings is 1. The minimum Gasteiger partial charge on any atom is -0.353 e. The zero-order chi connectivity index (χ0) is 31.5. The highest BCUT2D eigenvalue weighted by atomic mass is 32.2. The first-order chi connectivity index (χ1) is 21.2. The second-order valence-corrected chi connectivity index (χ2v) is 15.6. The van der Waals surface area contributed by atoms with Gasteiger partial charge in [0, 0.05) is 68.4 Å². The molecule has 2 aliphatic rings. The number of hydrogen-bond donors (Lipinski definition) is 1. The van der Waals surface area contributed by atoms with Crippen LogP contribution in [0.3, 0.4) is 0 Å². The summed E-state index contributed by atoms with van der Waals surface area (Å²) in [6.07, 6.45) is 9.97. The lowest BCUT2D eigenvalue weighted by Gasteiger charge is -2.29. The van der Waals surface area contributed by atoms with Crippen LogP contribution in [0, 0.1) is 11.8 Å². The molecule has 1 amide bonds. The van der Waals surface area contributed by atoms with E-state index in [9.17, 15) is 14.4 Å². The maximum absolute atomic E-state index is 13.9. The van der Waals surface area contributed by atoms with Gasteiger partial charge in [-0.25, -0.2) is 4.98 Å². The number of nitrogens with one attached hydrogen (secondary N) is 1. The van der Waals surface area contributed by atoms with Gasteiger partial charge in [0.25, 0.3) is 0 Å². The first-order valence-electron chi connectivity index (χ1n) is 16.9. The number of amides is 1. The minimum absolute atomic E-state index is 0.0746. The molecule has 1 aliphatic carbocycles. The van der Waals surface area contributed by atoms with Crippen LogP contribution < -0.4 is 5.32 Å². The minimum atomic E-state index is -0.462. The van der Waals surface area contributed by atoms with Gasteiger partial charge in [-0.3, -0.25) is 19.3 Å². The topological polar surface area (TPSA) is 79.4 Å². The Balaban J connectivity index is 1.44. The molecule has 44 heavy (non-hydrogen) atoms.